The molecule has 0 aromatic heterocycles. The lowest BCUT2D eigenvalue weighted by molar-refractivity contribution is -0.144. The number of hydrogen-bond acceptors (Lipinski definition) is 3. The monoisotopic (exact) mass is 231 g/mol. The Morgan fingerprint density at radius 3 is 2.94 bits per heavy atom. The van der Waals surface area contributed by atoms with Gasteiger partial charge in [0.25, 0.3) is 0 Å². The van der Waals surface area contributed by atoms with Gasteiger partial charge in [-0.25, -0.2) is 4.79 Å². The molecular weight excluding hydrogens is 214 g/mol. The quantitative estimate of drug-likeness (QED) is 0.808. The van der Waals surface area contributed by atoms with Crippen LogP contribution in [0.5, 0.6) is 0 Å². The zero-order valence-corrected chi connectivity index (χ0v) is 9.82. The van der Waals surface area contributed by atoms with Crippen molar-refractivity contribution in [1.29, 1.82) is 0 Å². The normalized spacial score (nSPS) is 21.8. The van der Waals surface area contributed by atoms with Crippen LogP contribution in [0.2, 0.25) is 0 Å². The summed E-state index contributed by atoms with van der Waals surface area (Å²) < 4.78 is 5.31. The largest absolute Gasteiger partial charge is 0.464 e. The van der Waals surface area contributed by atoms with Crippen LogP contribution in [0.3, 0.4) is 0 Å². The topological polar surface area (TPSA) is 38.3 Å². The predicted molar refractivity (Wildman–Crippen MR) is 65.9 cm³/mol. The number of hydrogen-bond donors (Lipinski definition) is 1. The molecule has 1 aromatic rings. The molecule has 2 aliphatic rings. The minimum absolute atomic E-state index is 0.109. The number of nitrogens with one attached hydrogen (secondary N) is 1. The summed E-state index contributed by atoms with van der Waals surface area (Å²) in [6.45, 7) is 0.581. The summed E-state index contributed by atoms with van der Waals surface area (Å²) in [6.07, 6.45) is 4.40. The highest BCUT2D eigenvalue weighted by Gasteiger charge is 2.28. The predicted octanol–water partition coefficient (Wildman–Crippen LogP) is 2.37. The van der Waals surface area contributed by atoms with Gasteiger partial charge in [-0.1, -0.05) is 31.0 Å². The van der Waals surface area contributed by atoms with Gasteiger partial charge in [0.2, 0.25) is 0 Å². The molecule has 0 amide bonds. The zero-order chi connectivity index (χ0) is 11.7. The van der Waals surface area contributed by atoms with Crippen molar-refractivity contribution in [3.05, 3.63) is 29.8 Å². The van der Waals surface area contributed by atoms with Gasteiger partial charge in [-0.2, -0.15) is 0 Å². The molecule has 1 heterocycles. The molecule has 1 atom stereocenters. The van der Waals surface area contributed by atoms with Crippen LogP contribution in [0.15, 0.2) is 24.3 Å². The Bertz CT molecular complexity index is 401. The number of benzene rings is 1. The van der Waals surface area contributed by atoms with Crippen molar-refractivity contribution in [2.24, 2.45) is 5.92 Å². The van der Waals surface area contributed by atoms with Gasteiger partial charge in [0.05, 0.1) is 6.61 Å². The minimum atomic E-state index is -0.188. The number of anilines is 1. The van der Waals surface area contributed by atoms with E-state index in [1.165, 1.54) is 18.4 Å². The van der Waals surface area contributed by atoms with Gasteiger partial charge in [-0.15, -0.1) is 0 Å². The van der Waals surface area contributed by atoms with Crippen molar-refractivity contribution < 1.29 is 9.53 Å². The third kappa shape index (κ3) is 2.43. The molecule has 1 aliphatic heterocycles. The number of esters is 1. The summed E-state index contributed by atoms with van der Waals surface area (Å²) in [5.41, 5.74) is 2.27. The lowest BCUT2D eigenvalue weighted by Crippen LogP contribution is -2.29. The maximum atomic E-state index is 11.8. The van der Waals surface area contributed by atoms with Gasteiger partial charge in [0, 0.05) is 12.1 Å². The van der Waals surface area contributed by atoms with Gasteiger partial charge in [-0.05, 0) is 24.0 Å². The van der Waals surface area contributed by atoms with Crippen molar-refractivity contribution in [2.75, 3.05) is 11.9 Å². The van der Waals surface area contributed by atoms with Gasteiger partial charge < -0.3 is 10.1 Å². The summed E-state index contributed by atoms with van der Waals surface area (Å²) in [5.74, 6) is 0.707. The lowest BCUT2D eigenvalue weighted by atomic mass is 10.1. The highest BCUT2D eigenvalue weighted by Crippen LogP contribution is 2.32. The van der Waals surface area contributed by atoms with E-state index in [1.807, 2.05) is 18.2 Å². The lowest BCUT2D eigenvalue weighted by Gasteiger charge is -2.10. The molecule has 3 nitrogen and oxygen atoms in total. The fourth-order valence-electron chi connectivity index (χ4n) is 2.27. The molecule has 0 unspecified atom stereocenters. The smallest absolute Gasteiger partial charge is 0.328 e. The second-order valence-corrected chi connectivity index (χ2v) is 4.96. The molecule has 0 saturated heterocycles. The van der Waals surface area contributed by atoms with Crippen LogP contribution in [0.4, 0.5) is 5.69 Å². The van der Waals surface area contributed by atoms with E-state index >= 15 is 0 Å². The van der Waals surface area contributed by atoms with E-state index in [9.17, 15) is 4.79 Å². The van der Waals surface area contributed by atoms with E-state index in [4.69, 9.17) is 4.74 Å². The summed E-state index contributed by atoms with van der Waals surface area (Å²) >= 11 is 0. The van der Waals surface area contributed by atoms with Crippen LogP contribution < -0.4 is 5.32 Å². The van der Waals surface area contributed by atoms with E-state index in [2.05, 4.69) is 11.4 Å². The number of fused-ring (bicyclic) bond motifs is 1. The van der Waals surface area contributed by atoms with Crippen LogP contribution in [-0.2, 0) is 16.0 Å². The first-order chi connectivity index (χ1) is 8.33. The molecule has 0 spiro atoms. The molecule has 0 radical (unpaired) electrons. The molecule has 3 rings (SSSR count). The van der Waals surface area contributed by atoms with E-state index < -0.39 is 0 Å². The molecular formula is C14H17NO2. The number of rotatable bonds is 4. The Morgan fingerprint density at radius 1 is 1.35 bits per heavy atom. The number of ether oxygens (including phenoxy) is 1. The number of carbonyl (C=O) groups is 1. The van der Waals surface area contributed by atoms with E-state index in [0.717, 1.165) is 24.4 Å². The standard InChI is InChI=1S/C14H17NO2/c16-14(17-8-7-10-5-6-10)13-9-11-3-1-2-4-12(11)15-13/h1-4,10,13,15H,5-9H2/t13-/m0/s1. The molecule has 1 aromatic carbocycles. The third-order valence-corrected chi connectivity index (χ3v) is 3.52. The van der Waals surface area contributed by atoms with Gasteiger partial charge in [0.15, 0.2) is 0 Å². The van der Waals surface area contributed by atoms with Crippen LogP contribution in [0, 0.1) is 5.92 Å². The molecule has 1 N–H and O–H groups in total. The average Bonchev–Trinajstić information content (AvgIpc) is 3.06. The van der Waals surface area contributed by atoms with E-state index in [-0.39, 0.29) is 12.0 Å². The minimum Gasteiger partial charge on any atom is -0.464 e. The molecule has 0 bridgehead atoms. The summed E-state index contributed by atoms with van der Waals surface area (Å²) in [4.78, 5) is 11.8. The summed E-state index contributed by atoms with van der Waals surface area (Å²) in [6, 6.07) is 7.85. The molecule has 17 heavy (non-hydrogen) atoms. The van der Waals surface area contributed by atoms with Crippen LogP contribution in [-0.4, -0.2) is 18.6 Å². The Kier molecular flexibility index (Phi) is 2.75. The third-order valence-electron chi connectivity index (χ3n) is 3.52. The highest BCUT2D eigenvalue weighted by atomic mass is 16.5. The molecule has 1 saturated carbocycles. The molecule has 3 heteroatoms. The highest BCUT2D eigenvalue weighted by molar-refractivity contribution is 5.82. The SMILES string of the molecule is O=C(OCCC1CC1)[C@@H]1Cc2ccccc2N1. The van der Waals surface area contributed by atoms with Crippen molar-refractivity contribution in [3.63, 3.8) is 0 Å². The van der Waals surface area contributed by atoms with E-state index in [0.29, 0.717) is 6.61 Å². The van der Waals surface area contributed by atoms with Gasteiger partial charge in [-0.3, -0.25) is 0 Å². The zero-order valence-electron chi connectivity index (χ0n) is 9.82. The van der Waals surface area contributed by atoms with Crippen molar-refractivity contribution in [1.82, 2.24) is 0 Å². The summed E-state index contributed by atoms with van der Waals surface area (Å²) in [7, 11) is 0. The average molecular weight is 231 g/mol. The molecule has 90 valence electrons. The van der Waals surface area contributed by atoms with Gasteiger partial charge in [0.1, 0.15) is 6.04 Å². The first-order valence-electron chi connectivity index (χ1n) is 6.34. The Morgan fingerprint density at radius 2 is 2.18 bits per heavy atom. The first-order valence-corrected chi connectivity index (χ1v) is 6.34. The van der Waals surface area contributed by atoms with Crippen molar-refractivity contribution in [2.45, 2.75) is 31.7 Å². The maximum absolute atomic E-state index is 11.8. The Labute approximate surface area is 101 Å². The van der Waals surface area contributed by atoms with Crippen LogP contribution in [0.25, 0.3) is 0 Å². The maximum Gasteiger partial charge on any atom is 0.328 e. The second kappa shape index (κ2) is 4.40. The fourth-order valence-corrected chi connectivity index (χ4v) is 2.27. The second-order valence-electron chi connectivity index (χ2n) is 4.96. The number of para-hydroxylation sites is 1. The van der Waals surface area contributed by atoms with Gasteiger partial charge >= 0.3 is 5.97 Å². The molecule has 1 fully saturated rings. The van der Waals surface area contributed by atoms with Crippen molar-refractivity contribution in [3.8, 4) is 0 Å². The Balaban J connectivity index is 1.51. The van der Waals surface area contributed by atoms with Crippen LogP contribution >= 0.6 is 0 Å². The molecule has 1 aliphatic carbocycles. The Hall–Kier alpha value is -1.51. The first kappa shape index (κ1) is 10.6. The van der Waals surface area contributed by atoms with E-state index in [1.54, 1.807) is 0 Å². The van der Waals surface area contributed by atoms with Crippen molar-refractivity contribution >= 4 is 11.7 Å². The summed E-state index contributed by atoms with van der Waals surface area (Å²) in [5, 5.41) is 3.21. The fraction of sp³-hybridized carbons (Fsp3) is 0.500. The van der Waals surface area contributed by atoms with Crippen LogP contribution in [0.1, 0.15) is 24.8 Å². The number of carbonyl (C=O) groups excluding carboxylic acids is 1.